The van der Waals surface area contributed by atoms with Gasteiger partial charge in [-0.05, 0) is 18.2 Å². The van der Waals surface area contributed by atoms with Crippen LogP contribution in [0.15, 0.2) is 18.2 Å². The highest BCUT2D eigenvalue weighted by Gasteiger charge is 2.36. The molecule has 2 aromatic rings. The molecule has 5 nitrogen and oxygen atoms in total. The van der Waals surface area contributed by atoms with Crippen molar-refractivity contribution in [3.63, 3.8) is 0 Å². The van der Waals surface area contributed by atoms with Crippen molar-refractivity contribution in [1.82, 2.24) is 9.88 Å². The number of carbonyl (C=O) groups is 2. The first-order valence-corrected chi connectivity index (χ1v) is 6.87. The first-order valence-electron chi connectivity index (χ1n) is 5.67. The number of halogens is 1. The van der Waals surface area contributed by atoms with Crippen LogP contribution in [0.3, 0.4) is 0 Å². The van der Waals surface area contributed by atoms with Crippen LogP contribution in [0.4, 0.5) is 5.13 Å². The number of nitrogens with one attached hydrogen (secondary N) is 1. The summed E-state index contributed by atoms with van der Waals surface area (Å²) in [7, 11) is 1.49. The first kappa shape index (κ1) is 12.4. The maximum absolute atomic E-state index is 11.8. The molecule has 2 heterocycles. The van der Waals surface area contributed by atoms with Crippen LogP contribution in [0.5, 0.6) is 0 Å². The van der Waals surface area contributed by atoms with Crippen LogP contribution >= 0.6 is 22.9 Å². The molecule has 2 amide bonds. The van der Waals surface area contributed by atoms with E-state index in [2.05, 4.69) is 10.3 Å². The van der Waals surface area contributed by atoms with Crippen LogP contribution in [0.2, 0.25) is 5.02 Å². The zero-order valence-corrected chi connectivity index (χ0v) is 11.6. The van der Waals surface area contributed by atoms with Crippen LogP contribution in [0.1, 0.15) is 6.42 Å². The molecule has 0 radical (unpaired) electrons. The number of likely N-dealkylation sites (N-methyl/N-ethyl adjacent to an activating group) is 1. The fraction of sp³-hybridized carbons (Fsp3) is 0.250. The van der Waals surface area contributed by atoms with Crippen molar-refractivity contribution >= 4 is 50.1 Å². The fourth-order valence-corrected chi connectivity index (χ4v) is 3.04. The molecular formula is C12H10ClN3O2S. The molecular weight excluding hydrogens is 286 g/mol. The van der Waals surface area contributed by atoms with Crippen molar-refractivity contribution in [3.05, 3.63) is 23.2 Å². The molecule has 1 N–H and O–H groups in total. The van der Waals surface area contributed by atoms with Crippen molar-refractivity contribution in [3.8, 4) is 0 Å². The van der Waals surface area contributed by atoms with Crippen LogP contribution in [-0.4, -0.2) is 34.8 Å². The number of imide groups is 1. The van der Waals surface area contributed by atoms with Crippen molar-refractivity contribution in [2.24, 2.45) is 0 Å². The van der Waals surface area contributed by atoms with Gasteiger partial charge in [0, 0.05) is 12.1 Å². The van der Waals surface area contributed by atoms with Crippen LogP contribution in [0.25, 0.3) is 10.2 Å². The normalized spacial score (nSPS) is 19.5. The lowest BCUT2D eigenvalue weighted by molar-refractivity contribution is -0.136. The summed E-state index contributed by atoms with van der Waals surface area (Å²) in [5.41, 5.74) is 0.783. The Balaban J connectivity index is 1.86. The van der Waals surface area contributed by atoms with Crippen LogP contribution < -0.4 is 5.32 Å². The summed E-state index contributed by atoms with van der Waals surface area (Å²) >= 11 is 7.33. The second-order valence-corrected chi connectivity index (χ2v) is 5.79. The molecule has 1 aromatic heterocycles. The predicted octanol–water partition coefficient (Wildman–Crippen LogP) is 2.12. The molecule has 1 aromatic carbocycles. The second kappa shape index (κ2) is 4.47. The van der Waals surface area contributed by atoms with Crippen LogP contribution in [0, 0.1) is 0 Å². The maximum atomic E-state index is 11.8. The third kappa shape index (κ3) is 2.17. The number of anilines is 1. The summed E-state index contributed by atoms with van der Waals surface area (Å²) in [6.45, 7) is 0. The summed E-state index contributed by atoms with van der Waals surface area (Å²) in [5, 5.41) is 4.26. The fourth-order valence-electron chi connectivity index (χ4n) is 1.98. The first-order chi connectivity index (χ1) is 9.04. The third-order valence-corrected chi connectivity index (χ3v) is 4.23. The molecule has 1 unspecified atom stereocenters. The Bertz CT molecular complexity index is 685. The van der Waals surface area contributed by atoms with E-state index in [1.807, 2.05) is 6.07 Å². The molecule has 0 saturated carbocycles. The molecule has 19 heavy (non-hydrogen) atoms. The zero-order valence-electron chi connectivity index (χ0n) is 10.0. The number of hydrogen-bond acceptors (Lipinski definition) is 5. The van der Waals surface area contributed by atoms with Gasteiger partial charge in [-0.25, -0.2) is 4.98 Å². The second-order valence-electron chi connectivity index (χ2n) is 4.32. The molecule has 98 valence electrons. The highest BCUT2D eigenvalue weighted by Crippen LogP contribution is 2.29. The number of carbonyl (C=O) groups excluding carboxylic acids is 2. The molecule has 0 aliphatic carbocycles. The van der Waals surface area contributed by atoms with Gasteiger partial charge >= 0.3 is 0 Å². The minimum Gasteiger partial charge on any atom is -0.349 e. The molecule has 1 atom stereocenters. The van der Waals surface area contributed by atoms with E-state index in [0.717, 1.165) is 15.1 Å². The van der Waals surface area contributed by atoms with Crippen molar-refractivity contribution in [2.45, 2.75) is 12.5 Å². The minimum atomic E-state index is -0.520. The van der Waals surface area contributed by atoms with Gasteiger partial charge in [-0.1, -0.05) is 22.9 Å². The van der Waals surface area contributed by atoms with Gasteiger partial charge in [0.15, 0.2) is 5.13 Å². The zero-order chi connectivity index (χ0) is 13.6. The highest BCUT2D eigenvalue weighted by molar-refractivity contribution is 7.22. The number of benzene rings is 1. The Morgan fingerprint density at radius 2 is 2.26 bits per heavy atom. The standard InChI is InChI=1S/C12H10ClN3O2S/c1-16-10(17)5-8(11(16)18)15-12-14-7-4-6(13)2-3-9(7)19-12/h2-4,8H,5H2,1H3,(H,14,15). The molecule has 7 heteroatoms. The van der Waals surface area contributed by atoms with Gasteiger partial charge < -0.3 is 5.32 Å². The van der Waals surface area contributed by atoms with E-state index in [4.69, 9.17) is 11.6 Å². The number of aromatic nitrogens is 1. The predicted molar refractivity (Wildman–Crippen MR) is 74.4 cm³/mol. The lowest BCUT2D eigenvalue weighted by atomic mass is 10.2. The lowest BCUT2D eigenvalue weighted by Gasteiger charge is -2.09. The Morgan fingerprint density at radius 1 is 1.47 bits per heavy atom. The van der Waals surface area contributed by atoms with Gasteiger partial charge in [-0.3, -0.25) is 14.5 Å². The van der Waals surface area contributed by atoms with Crippen molar-refractivity contribution in [1.29, 1.82) is 0 Å². The summed E-state index contributed by atoms with van der Waals surface area (Å²) in [5.74, 6) is -0.394. The largest absolute Gasteiger partial charge is 0.349 e. The number of nitrogens with zero attached hydrogens (tertiary/aromatic N) is 2. The van der Waals surface area contributed by atoms with Gasteiger partial charge in [0.05, 0.1) is 16.6 Å². The highest BCUT2D eigenvalue weighted by atomic mass is 35.5. The topological polar surface area (TPSA) is 62.3 Å². The number of fused-ring (bicyclic) bond motifs is 1. The molecule has 0 spiro atoms. The average Bonchev–Trinajstić information content (AvgIpc) is 2.86. The van der Waals surface area contributed by atoms with E-state index in [-0.39, 0.29) is 18.2 Å². The Morgan fingerprint density at radius 3 is 2.95 bits per heavy atom. The van der Waals surface area contributed by atoms with E-state index in [0.29, 0.717) is 10.2 Å². The summed E-state index contributed by atoms with van der Waals surface area (Å²) in [4.78, 5) is 28.7. The van der Waals surface area contributed by atoms with Gasteiger partial charge in [0.1, 0.15) is 6.04 Å². The molecule has 0 bridgehead atoms. The van der Waals surface area contributed by atoms with Crippen LogP contribution in [-0.2, 0) is 9.59 Å². The summed E-state index contributed by atoms with van der Waals surface area (Å²) < 4.78 is 0.983. The number of likely N-dealkylation sites (tertiary alicyclic amines) is 1. The maximum Gasteiger partial charge on any atom is 0.251 e. The van der Waals surface area contributed by atoms with Gasteiger partial charge in [-0.2, -0.15) is 0 Å². The quantitative estimate of drug-likeness (QED) is 0.862. The summed E-state index contributed by atoms with van der Waals surface area (Å²) in [6, 6.07) is 4.93. The van der Waals surface area contributed by atoms with Gasteiger partial charge in [0.2, 0.25) is 5.91 Å². The van der Waals surface area contributed by atoms with Crippen molar-refractivity contribution < 1.29 is 9.59 Å². The van der Waals surface area contributed by atoms with E-state index < -0.39 is 6.04 Å². The Labute approximate surface area is 118 Å². The number of rotatable bonds is 2. The van der Waals surface area contributed by atoms with E-state index in [1.54, 1.807) is 12.1 Å². The molecule has 1 fully saturated rings. The summed E-state index contributed by atoms with van der Waals surface area (Å²) in [6.07, 6.45) is 0.173. The molecule has 1 aliphatic heterocycles. The molecule has 1 saturated heterocycles. The Kier molecular flexibility index (Phi) is 2.91. The monoisotopic (exact) mass is 295 g/mol. The Hall–Kier alpha value is -1.66. The third-order valence-electron chi connectivity index (χ3n) is 3.03. The smallest absolute Gasteiger partial charge is 0.251 e. The van der Waals surface area contributed by atoms with E-state index >= 15 is 0 Å². The van der Waals surface area contributed by atoms with E-state index in [9.17, 15) is 9.59 Å². The number of hydrogen-bond donors (Lipinski definition) is 1. The SMILES string of the molecule is CN1C(=O)CC(Nc2nc3cc(Cl)ccc3s2)C1=O. The number of amides is 2. The van der Waals surface area contributed by atoms with E-state index in [1.165, 1.54) is 18.4 Å². The lowest BCUT2D eigenvalue weighted by Crippen LogP contribution is -2.31. The van der Waals surface area contributed by atoms with Crippen molar-refractivity contribution in [2.75, 3.05) is 12.4 Å². The number of thiazole rings is 1. The minimum absolute atomic E-state index is 0.173. The molecule has 3 rings (SSSR count). The van der Waals surface area contributed by atoms with Gasteiger partial charge in [-0.15, -0.1) is 0 Å². The average molecular weight is 296 g/mol. The molecule has 1 aliphatic rings. The van der Waals surface area contributed by atoms with Gasteiger partial charge in [0.25, 0.3) is 5.91 Å².